The molecule has 20 heavy (non-hydrogen) atoms. The van der Waals surface area contributed by atoms with E-state index in [9.17, 15) is 12.8 Å². The summed E-state index contributed by atoms with van der Waals surface area (Å²) in [6.07, 6.45) is 0.636. The molecule has 0 aliphatic carbocycles. The highest BCUT2D eigenvalue weighted by molar-refractivity contribution is 7.91. The second-order valence-corrected chi connectivity index (χ2v) is 7.66. The highest BCUT2D eigenvalue weighted by Gasteiger charge is 2.30. The molecule has 112 valence electrons. The van der Waals surface area contributed by atoms with Crippen LogP contribution in [0.15, 0.2) is 18.2 Å². The van der Waals surface area contributed by atoms with Gasteiger partial charge in [-0.25, -0.2) is 12.8 Å². The second-order valence-electron chi connectivity index (χ2n) is 5.43. The van der Waals surface area contributed by atoms with E-state index in [1.54, 1.807) is 6.07 Å². The molecular weight excluding hydrogens is 279 g/mol. The van der Waals surface area contributed by atoms with Crippen LogP contribution in [-0.4, -0.2) is 45.0 Å². The third-order valence-corrected chi connectivity index (χ3v) is 5.49. The number of sulfone groups is 1. The summed E-state index contributed by atoms with van der Waals surface area (Å²) in [6.45, 7) is 1.12. The number of halogens is 1. The lowest BCUT2D eigenvalue weighted by Crippen LogP contribution is -2.32. The zero-order valence-corrected chi connectivity index (χ0v) is 12.7. The van der Waals surface area contributed by atoms with Crippen molar-refractivity contribution in [3.05, 3.63) is 35.1 Å². The number of nitrogens with one attached hydrogen (secondary N) is 1. The van der Waals surface area contributed by atoms with Gasteiger partial charge >= 0.3 is 0 Å². The molecule has 1 atom stereocenters. The Morgan fingerprint density at radius 1 is 1.45 bits per heavy atom. The average molecular weight is 300 g/mol. The van der Waals surface area contributed by atoms with E-state index in [0.29, 0.717) is 25.1 Å². The minimum absolute atomic E-state index is 0.00708. The fourth-order valence-electron chi connectivity index (χ4n) is 2.58. The van der Waals surface area contributed by atoms with Crippen molar-refractivity contribution in [3.63, 3.8) is 0 Å². The van der Waals surface area contributed by atoms with Gasteiger partial charge < -0.3 is 5.32 Å². The Morgan fingerprint density at radius 3 is 2.80 bits per heavy atom. The zero-order chi connectivity index (χ0) is 14.8. The number of rotatable bonds is 5. The summed E-state index contributed by atoms with van der Waals surface area (Å²) in [7, 11) is 0.798. The van der Waals surface area contributed by atoms with Crippen LogP contribution in [0, 0.1) is 5.82 Å². The summed E-state index contributed by atoms with van der Waals surface area (Å²) in [5, 5.41) is 3.03. The Hall–Kier alpha value is -0.980. The molecule has 0 amide bonds. The van der Waals surface area contributed by atoms with Gasteiger partial charge in [-0.15, -0.1) is 0 Å². The number of hydrogen-bond acceptors (Lipinski definition) is 4. The van der Waals surface area contributed by atoms with E-state index in [1.807, 2.05) is 25.1 Å². The first kappa shape index (κ1) is 15.4. The summed E-state index contributed by atoms with van der Waals surface area (Å²) in [5.74, 6) is 0.184. The topological polar surface area (TPSA) is 49.4 Å². The summed E-state index contributed by atoms with van der Waals surface area (Å²) in [5.41, 5.74) is 1.64. The van der Waals surface area contributed by atoms with Crippen molar-refractivity contribution in [2.75, 3.05) is 25.6 Å². The molecule has 0 bridgehead atoms. The van der Waals surface area contributed by atoms with Gasteiger partial charge in [-0.2, -0.15) is 0 Å². The van der Waals surface area contributed by atoms with E-state index in [-0.39, 0.29) is 23.4 Å². The Labute approximate surface area is 119 Å². The van der Waals surface area contributed by atoms with Crippen LogP contribution in [0.5, 0.6) is 0 Å². The fraction of sp³-hybridized carbons (Fsp3) is 0.571. The maximum Gasteiger partial charge on any atom is 0.151 e. The van der Waals surface area contributed by atoms with Crippen LogP contribution in [-0.2, 0) is 22.9 Å². The first-order chi connectivity index (χ1) is 9.41. The molecule has 6 heteroatoms. The van der Waals surface area contributed by atoms with Gasteiger partial charge in [0.1, 0.15) is 5.82 Å². The molecule has 1 aromatic carbocycles. The van der Waals surface area contributed by atoms with Gasteiger partial charge in [-0.3, -0.25) is 4.90 Å². The second kappa shape index (κ2) is 6.20. The SMILES string of the molecule is CNCc1ccc(F)c(CN(C)C2CCS(=O)(=O)C2)c1. The van der Waals surface area contributed by atoms with Crippen molar-refractivity contribution in [2.45, 2.75) is 25.6 Å². The number of nitrogens with zero attached hydrogens (tertiary/aromatic N) is 1. The van der Waals surface area contributed by atoms with Crippen LogP contribution >= 0.6 is 0 Å². The maximum absolute atomic E-state index is 13.8. The van der Waals surface area contributed by atoms with Crippen molar-refractivity contribution in [3.8, 4) is 0 Å². The normalized spacial score (nSPS) is 21.5. The van der Waals surface area contributed by atoms with Crippen LogP contribution in [0.3, 0.4) is 0 Å². The highest BCUT2D eigenvalue weighted by atomic mass is 32.2. The fourth-order valence-corrected chi connectivity index (χ4v) is 4.39. The summed E-state index contributed by atoms with van der Waals surface area (Å²) >= 11 is 0. The van der Waals surface area contributed by atoms with E-state index in [0.717, 1.165) is 5.56 Å². The standard InChI is InChI=1S/C14H21FN2O2S/c1-16-8-11-3-4-14(15)12(7-11)9-17(2)13-5-6-20(18,19)10-13/h3-4,7,13,16H,5-6,8-10H2,1-2H3. The first-order valence-electron chi connectivity index (χ1n) is 6.74. The summed E-state index contributed by atoms with van der Waals surface area (Å²) in [6, 6.07) is 5.06. The molecular formula is C14H21FN2O2S. The van der Waals surface area contributed by atoms with Crippen LogP contribution in [0.2, 0.25) is 0 Å². The minimum atomic E-state index is -2.91. The smallest absolute Gasteiger partial charge is 0.151 e. The molecule has 0 radical (unpaired) electrons. The molecule has 1 unspecified atom stereocenters. The Bertz CT molecular complexity index is 575. The predicted molar refractivity (Wildman–Crippen MR) is 77.7 cm³/mol. The first-order valence-corrected chi connectivity index (χ1v) is 8.56. The summed E-state index contributed by atoms with van der Waals surface area (Å²) < 4.78 is 36.8. The van der Waals surface area contributed by atoms with Crippen molar-refractivity contribution < 1.29 is 12.8 Å². The zero-order valence-electron chi connectivity index (χ0n) is 11.9. The van der Waals surface area contributed by atoms with Crippen molar-refractivity contribution in [1.82, 2.24) is 10.2 Å². The van der Waals surface area contributed by atoms with Crippen LogP contribution in [0.25, 0.3) is 0 Å². The molecule has 1 aliphatic rings. The van der Waals surface area contributed by atoms with Gasteiger partial charge in [0, 0.05) is 24.7 Å². The van der Waals surface area contributed by atoms with Gasteiger partial charge in [0.15, 0.2) is 9.84 Å². The van der Waals surface area contributed by atoms with Gasteiger partial charge in [0.2, 0.25) is 0 Å². The molecule has 1 heterocycles. The van der Waals surface area contributed by atoms with Crippen LogP contribution < -0.4 is 5.32 Å². The molecule has 1 N–H and O–H groups in total. The van der Waals surface area contributed by atoms with Gasteiger partial charge in [-0.05, 0) is 32.1 Å². The largest absolute Gasteiger partial charge is 0.316 e. The number of hydrogen-bond donors (Lipinski definition) is 1. The lowest BCUT2D eigenvalue weighted by Gasteiger charge is -2.23. The average Bonchev–Trinajstić information content (AvgIpc) is 2.74. The molecule has 1 fully saturated rings. The van der Waals surface area contributed by atoms with Crippen LogP contribution in [0.1, 0.15) is 17.5 Å². The molecule has 2 rings (SSSR count). The minimum Gasteiger partial charge on any atom is -0.316 e. The third-order valence-electron chi connectivity index (χ3n) is 3.74. The lowest BCUT2D eigenvalue weighted by atomic mass is 10.1. The van der Waals surface area contributed by atoms with E-state index < -0.39 is 9.84 Å². The van der Waals surface area contributed by atoms with Crippen molar-refractivity contribution in [2.24, 2.45) is 0 Å². The van der Waals surface area contributed by atoms with E-state index in [1.165, 1.54) is 6.07 Å². The van der Waals surface area contributed by atoms with Gasteiger partial charge in [0.25, 0.3) is 0 Å². The molecule has 1 aromatic rings. The van der Waals surface area contributed by atoms with Gasteiger partial charge in [0.05, 0.1) is 11.5 Å². The molecule has 4 nitrogen and oxygen atoms in total. The Kier molecular flexibility index (Phi) is 4.78. The van der Waals surface area contributed by atoms with E-state index in [4.69, 9.17) is 0 Å². The molecule has 1 saturated heterocycles. The highest BCUT2D eigenvalue weighted by Crippen LogP contribution is 2.20. The molecule has 1 aliphatic heterocycles. The lowest BCUT2D eigenvalue weighted by molar-refractivity contribution is 0.250. The summed E-state index contributed by atoms with van der Waals surface area (Å²) in [4.78, 5) is 1.94. The monoisotopic (exact) mass is 300 g/mol. The van der Waals surface area contributed by atoms with Crippen molar-refractivity contribution in [1.29, 1.82) is 0 Å². The molecule has 0 saturated carbocycles. The van der Waals surface area contributed by atoms with Crippen molar-refractivity contribution >= 4 is 9.84 Å². The maximum atomic E-state index is 13.8. The third kappa shape index (κ3) is 3.77. The Morgan fingerprint density at radius 2 is 2.20 bits per heavy atom. The van der Waals surface area contributed by atoms with Crippen LogP contribution in [0.4, 0.5) is 4.39 Å². The van der Waals surface area contributed by atoms with E-state index >= 15 is 0 Å². The predicted octanol–water partition coefficient (Wildman–Crippen LogP) is 1.16. The molecule has 0 spiro atoms. The number of benzene rings is 1. The Balaban J connectivity index is 2.07. The quantitative estimate of drug-likeness (QED) is 0.887. The molecule has 0 aromatic heterocycles. The van der Waals surface area contributed by atoms with Gasteiger partial charge in [-0.1, -0.05) is 12.1 Å². The van der Waals surface area contributed by atoms with E-state index in [2.05, 4.69) is 5.32 Å².